The van der Waals surface area contributed by atoms with Gasteiger partial charge < -0.3 is 0 Å². The van der Waals surface area contributed by atoms with E-state index in [9.17, 15) is 0 Å². The zero-order valence-electron chi connectivity index (χ0n) is 8.50. The normalized spacial score (nSPS) is 11.1. The molecule has 0 radical (unpaired) electrons. The second-order valence-corrected chi connectivity index (χ2v) is 4.34. The molecule has 3 heterocycles. The van der Waals surface area contributed by atoms with Gasteiger partial charge in [-0.05, 0) is 28.1 Å². The molecule has 16 heavy (non-hydrogen) atoms. The van der Waals surface area contributed by atoms with Crippen LogP contribution in [0.4, 0.5) is 0 Å². The SMILES string of the molecule is Cn1cc(-c2ccc3c(Br)cnn3n2)cn1. The molecule has 0 unspecified atom stereocenters. The fourth-order valence-corrected chi connectivity index (χ4v) is 1.94. The first-order valence-corrected chi connectivity index (χ1v) is 5.53. The highest BCUT2D eigenvalue weighted by atomic mass is 79.9. The molecular weight excluding hydrogens is 270 g/mol. The molecule has 3 aromatic rings. The number of hydrogen-bond donors (Lipinski definition) is 0. The lowest BCUT2D eigenvalue weighted by atomic mass is 10.2. The van der Waals surface area contributed by atoms with E-state index in [0.717, 1.165) is 21.2 Å². The van der Waals surface area contributed by atoms with Gasteiger partial charge in [-0.15, -0.1) is 9.73 Å². The number of fused-ring (bicyclic) bond motifs is 1. The van der Waals surface area contributed by atoms with Gasteiger partial charge in [0, 0.05) is 18.8 Å². The van der Waals surface area contributed by atoms with Crippen molar-refractivity contribution in [3.63, 3.8) is 0 Å². The van der Waals surface area contributed by atoms with Gasteiger partial charge in [0.25, 0.3) is 0 Å². The minimum Gasteiger partial charge on any atom is -0.275 e. The molecule has 3 aromatic heterocycles. The lowest BCUT2D eigenvalue weighted by Gasteiger charge is -1.97. The van der Waals surface area contributed by atoms with Crippen molar-refractivity contribution in [2.45, 2.75) is 0 Å². The third-order valence-corrected chi connectivity index (χ3v) is 2.95. The molecule has 0 saturated heterocycles. The Morgan fingerprint density at radius 2 is 2.06 bits per heavy atom. The van der Waals surface area contributed by atoms with Crippen LogP contribution in [0.2, 0.25) is 0 Å². The van der Waals surface area contributed by atoms with Gasteiger partial charge in [-0.25, -0.2) is 0 Å². The fraction of sp³-hybridized carbons (Fsp3) is 0.100. The summed E-state index contributed by atoms with van der Waals surface area (Å²) in [6, 6.07) is 3.94. The average molecular weight is 278 g/mol. The highest BCUT2D eigenvalue weighted by Crippen LogP contribution is 2.20. The minimum atomic E-state index is 0.858. The second kappa shape index (κ2) is 3.41. The van der Waals surface area contributed by atoms with Gasteiger partial charge in [-0.1, -0.05) is 0 Å². The molecule has 0 aliphatic heterocycles. The van der Waals surface area contributed by atoms with Crippen molar-refractivity contribution in [3.05, 3.63) is 35.2 Å². The Morgan fingerprint density at radius 3 is 2.81 bits per heavy atom. The predicted molar refractivity (Wildman–Crippen MR) is 62.9 cm³/mol. The minimum absolute atomic E-state index is 0.858. The molecule has 0 bridgehead atoms. The lowest BCUT2D eigenvalue weighted by molar-refractivity contribution is 0.767. The van der Waals surface area contributed by atoms with Crippen molar-refractivity contribution < 1.29 is 0 Å². The molecule has 0 spiro atoms. The van der Waals surface area contributed by atoms with E-state index in [4.69, 9.17) is 0 Å². The molecular formula is C10H8BrN5. The number of aryl methyl sites for hydroxylation is 1. The van der Waals surface area contributed by atoms with E-state index >= 15 is 0 Å². The van der Waals surface area contributed by atoms with Crippen LogP contribution in [-0.2, 0) is 7.05 Å². The molecule has 0 atom stereocenters. The first-order chi connectivity index (χ1) is 7.74. The van der Waals surface area contributed by atoms with Crippen LogP contribution in [0.1, 0.15) is 0 Å². The number of rotatable bonds is 1. The van der Waals surface area contributed by atoms with Gasteiger partial charge in [0.05, 0.1) is 22.6 Å². The van der Waals surface area contributed by atoms with Crippen molar-refractivity contribution >= 4 is 21.4 Å². The maximum atomic E-state index is 4.40. The van der Waals surface area contributed by atoms with Gasteiger partial charge >= 0.3 is 0 Å². The van der Waals surface area contributed by atoms with Crippen LogP contribution in [0.3, 0.4) is 0 Å². The van der Waals surface area contributed by atoms with E-state index in [1.165, 1.54) is 0 Å². The number of nitrogens with zero attached hydrogens (tertiary/aromatic N) is 5. The lowest BCUT2D eigenvalue weighted by Crippen LogP contribution is -1.95. The Hall–Kier alpha value is -1.69. The number of halogens is 1. The molecule has 0 saturated carbocycles. The van der Waals surface area contributed by atoms with E-state index in [1.807, 2.05) is 25.4 Å². The van der Waals surface area contributed by atoms with Crippen LogP contribution in [0, 0.1) is 0 Å². The highest BCUT2D eigenvalue weighted by molar-refractivity contribution is 9.10. The summed E-state index contributed by atoms with van der Waals surface area (Å²) in [5.41, 5.74) is 2.79. The quantitative estimate of drug-likeness (QED) is 0.683. The van der Waals surface area contributed by atoms with E-state index in [2.05, 4.69) is 31.2 Å². The summed E-state index contributed by atoms with van der Waals surface area (Å²) in [6.45, 7) is 0. The predicted octanol–water partition coefficient (Wildman–Crippen LogP) is 1.89. The Bertz CT molecular complexity index is 654. The van der Waals surface area contributed by atoms with Crippen molar-refractivity contribution in [1.82, 2.24) is 24.6 Å². The topological polar surface area (TPSA) is 48.0 Å². The summed E-state index contributed by atoms with van der Waals surface area (Å²) < 4.78 is 4.30. The van der Waals surface area contributed by atoms with Crippen LogP contribution in [0.5, 0.6) is 0 Å². The average Bonchev–Trinajstić information content (AvgIpc) is 2.86. The first kappa shape index (κ1) is 9.53. The van der Waals surface area contributed by atoms with Gasteiger partial charge in [-0.3, -0.25) is 4.68 Å². The Balaban J connectivity index is 2.18. The van der Waals surface area contributed by atoms with Crippen molar-refractivity contribution in [2.24, 2.45) is 7.05 Å². The molecule has 5 nitrogen and oxygen atoms in total. The summed E-state index contributed by atoms with van der Waals surface area (Å²) in [7, 11) is 1.88. The van der Waals surface area contributed by atoms with Crippen LogP contribution in [0.15, 0.2) is 35.2 Å². The number of hydrogen-bond acceptors (Lipinski definition) is 3. The van der Waals surface area contributed by atoms with Crippen molar-refractivity contribution in [2.75, 3.05) is 0 Å². The molecule has 6 heteroatoms. The molecule has 0 aliphatic rings. The van der Waals surface area contributed by atoms with E-state index in [1.54, 1.807) is 21.7 Å². The van der Waals surface area contributed by atoms with Gasteiger partial charge in [0.2, 0.25) is 0 Å². The summed E-state index contributed by atoms with van der Waals surface area (Å²) in [5.74, 6) is 0. The van der Waals surface area contributed by atoms with E-state index < -0.39 is 0 Å². The monoisotopic (exact) mass is 277 g/mol. The van der Waals surface area contributed by atoms with Crippen LogP contribution in [-0.4, -0.2) is 24.6 Å². The second-order valence-electron chi connectivity index (χ2n) is 3.49. The Kier molecular flexibility index (Phi) is 2.03. The molecule has 0 aliphatic carbocycles. The smallest absolute Gasteiger partial charge is 0.102 e. The third kappa shape index (κ3) is 1.42. The van der Waals surface area contributed by atoms with Crippen LogP contribution < -0.4 is 0 Å². The zero-order valence-corrected chi connectivity index (χ0v) is 10.1. The highest BCUT2D eigenvalue weighted by Gasteiger charge is 2.06. The van der Waals surface area contributed by atoms with Gasteiger partial charge in [-0.2, -0.15) is 10.2 Å². The van der Waals surface area contributed by atoms with E-state index in [0.29, 0.717) is 0 Å². The summed E-state index contributed by atoms with van der Waals surface area (Å²) in [6.07, 6.45) is 5.44. The molecule has 3 rings (SSSR count). The third-order valence-electron chi connectivity index (χ3n) is 2.34. The summed E-state index contributed by atoms with van der Waals surface area (Å²) >= 11 is 3.41. The Morgan fingerprint density at radius 1 is 1.19 bits per heavy atom. The first-order valence-electron chi connectivity index (χ1n) is 4.73. The molecule has 0 N–H and O–H groups in total. The van der Waals surface area contributed by atoms with Crippen molar-refractivity contribution in [3.8, 4) is 11.3 Å². The maximum Gasteiger partial charge on any atom is 0.102 e. The summed E-state index contributed by atoms with van der Waals surface area (Å²) in [5, 5.41) is 12.7. The zero-order chi connectivity index (χ0) is 11.1. The Labute approximate surface area is 99.8 Å². The van der Waals surface area contributed by atoms with E-state index in [-0.39, 0.29) is 0 Å². The standard InChI is InChI=1S/C10H8BrN5/c1-15-6-7(4-12-15)9-2-3-10-8(11)5-13-16(10)14-9/h2-6H,1H3. The van der Waals surface area contributed by atoms with Crippen LogP contribution in [0.25, 0.3) is 16.8 Å². The largest absolute Gasteiger partial charge is 0.275 e. The van der Waals surface area contributed by atoms with Crippen LogP contribution >= 0.6 is 15.9 Å². The van der Waals surface area contributed by atoms with Gasteiger partial charge in [0.15, 0.2) is 0 Å². The maximum absolute atomic E-state index is 4.40. The molecule has 80 valence electrons. The fourth-order valence-electron chi connectivity index (χ4n) is 1.56. The number of aromatic nitrogens is 5. The van der Waals surface area contributed by atoms with Crippen molar-refractivity contribution in [1.29, 1.82) is 0 Å². The van der Waals surface area contributed by atoms with Gasteiger partial charge in [0.1, 0.15) is 5.52 Å². The molecule has 0 fully saturated rings. The molecule has 0 aromatic carbocycles. The summed E-state index contributed by atoms with van der Waals surface area (Å²) in [4.78, 5) is 0. The molecule has 0 amide bonds.